The van der Waals surface area contributed by atoms with E-state index in [0.717, 1.165) is 18.4 Å². The molecule has 1 aromatic heterocycles. The van der Waals surface area contributed by atoms with E-state index < -0.39 is 0 Å². The molecule has 154 valence electrons. The number of likely N-dealkylation sites (tertiary alicyclic amines) is 1. The zero-order valence-electron chi connectivity index (χ0n) is 17.0. The standard InChI is InChI=1S/C23H23N3O4/c1-28-19-10-8-15(11-20(19)29-2)23-24-22(25-30-23)16-12-21(27)26(13-16)18-9-7-14-5-3-4-6-17(14)18/h3-6,8,10-11,16,18H,7,9,12-13H2,1-2H3. The topological polar surface area (TPSA) is 77.7 Å². The van der Waals surface area contributed by atoms with Gasteiger partial charge in [-0.2, -0.15) is 4.98 Å². The Morgan fingerprint density at radius 2 is 1.93 bits per heavy atom. The van der Waals surface area contributed by atoms with Gasteiger partial charge in [0.25, 0.3) is 5.89 Å². The molecule has 1 fully saturated rings. The minimum absolute atomic E-state index is 0.0668. The van der Waals surface area contributed by atoms with Crippen molar-refractivity contribution in [1.29, 1.82) is 0 Å². The van der Waals surface area contributed by atoms with Gasteiger partial charge in [0.2, 0.25) is 5.91 Å². The average molecular weight is 405 g/mol. The second kappa shape index (κ2) is 7.48. The largest absolute Gasteiger partial charge is 0.493 e. The molecule has 0 bridgehead atoms. The summed E-state index contributed by atoms with van der Waals surface area (Å²) in [6.45, 7) is 0.614. The molecule has 0 saturated carbocycles. The SMILES string of the molecule is COc1ccc(-c2nc(C3CC(=O)N(C4CCc5ccccc54)C3)no2)cc1OC. The van der Waals surface area contributed by atoms with Gasteiger partial charge in [-0.05, 0) is 42.2 Å². The van der Waals surface area contributed by atoms with Crippen LogP contribution in [0.3, 0.4) is 0 Å². The number of amides is 1. The lowest BCUT2D eigenvalue weighted by atomic mass is 10.1. The fourth-order valence-electron chi connectivity index (χ4n) is 4.55. The van der Waals surface area contributed by atoms with Crippen molar-refractivity contribution in [3.05, 3.63) is 59.4 Å². The van der Waals surface area contributed by atoms with Crippen molar-refractivity contribution >= 4 is 5.91 Å². The van der Waals surface area contributed by atoms with Crippen LogP contribution < -0.4 is 9.47 Å². The number of hydrogen-bond donors (Lipinski definition) is 0. The number of nitrogens with zero attached hydrogens (tertiary/aromatic N) is 3. The molecule has 30 heavy (non-hydrogen) atoms. The summed E-state index contributed by atoms with van der Waals surface area (Å²) >= 11 is 0. The zero-order chi connectivity index (χ0) is 20.7. The summed E-state index contributed by atoms with van der Waals surface area (Å²) in [7, 11) is 3.18. The Morgan fingerprint density at radius 1 is 1.10 bits per heavy atom. The van der Waals surface area contributed by atoms with Crippen LogP contribution in [0.4, 0.5) is 0 Å². The number of carbonyl (C=O) groups is 1. The Labute approximate surface area is 174 Å². The number of hydrogen-bond acceptors (Lipinski definition) is 6. The Morgan fingerprint density at radius 3 is 2.77 bits per heavy atom. The van der Waals surface area contributed by atoms with E-state index in [2.05, 4.69) is 28.3 Å². The zero-order valence-corrected chi connectivity index (χ0v) is 17.0. The van der Waals surface area contributed by atoms with Crippen LogP contribution in [-0.2, 0) is 11.2 Å². The maximum absolute atomic E-state index is 12.8. The minimum atomic E-state index is -0.0668. The lowest BCUT2D eigenvalue weighted by Gasteiger charge is -2.25. The highest BCUT2D eigenvalue weighted by molar-refractivity contribution is 5.80. The number of aromatic nitrogens is 2. The highest BCUT2D eigenvalue weighted by Gasteiger charge is 2.40. The Bertz CT molecular complexity index is 1090. The molecule has 0 N–H and O–H groups in total. The molecule has 2 unspecified atom stereocenters. The van der Waals surface area contributed by atoms with Crippen molar-refractivity contribution in [2.75, 3.05) is 20.8 Å². The normalized spacial score (nSPS) is 20.5. The second-order valence-electron chi connectivity index (χ2n) is 7.73. The van der Waals surface area contributed by atoms with E-state index in [1.54, 1.807) is 26.4 Å². The summed E-state index contributed by atoms with van der Waals surface area (Å²) in [5.41, 5.74) is 3.36. The third-order valence-corrected chi connectivity index (χ3v) is 6.07. The molecular formula is C23H23N3O4. The van der Waals surface area contributed by atoms with Crippen LogP contribution in [0, 0.1) is 0 Å². The summed E-state index contributed by atoms with van der Waals surface area (Å²) in [5.74, 6) is 2.29. The number of rotatable bonds is 5. The summed E-state index contributed by atoms with van der Waals surface area (Å²) in [6, 6.07) is 14.0. The van der Waals surface area contributed by atoms with Crippen molar-refractivity contribution in [2.24, 2.45) is 0 Å². The van der Waals surface area contributed by atoms with Gasteiger partial charge in [0.15, 0.2) is 17.3 Å². The van der Waals surface area contributed by atoms with Crippen molar-refractivity contribution in [3.8, 4) is 23.0 Å². The van der Waals surface area contributed by atoms with Gasteiger partial charge in [0.1, 0.15) is 0 Å². The van der Waals surface area contributed by atoms with Crippen molar-refractivity contribution < 1.29 is 18.8 Å². The molecule has 2 aliphatic rings. The van der Waals surface area contributed by atoms with Gasteiger partial charge in [0, 0.05) is 24.4 Å². The van der Waals surface area contributed by atoms with Crippen LogP contribution >= 0.6 is 0 Å². The van der Waals surface area contributed by atoms with Crippen LogP contribution in [0.1, 0.15) is 41.8 Å². The first kappa shape index (κ1) is 18.7. The van der Waals surface area contributed by atoms with Gasteiger partial charge in [-0.3, -0.25) is 4.79 Å². The highest BCUT2D eigenvalue weighted by atomic mass is 16.5. The maximum atomic E-state index is 12.8. The first-order valence-corrected chi connectivity index (χ1v) is 10.1. The quantitative estimate of drug-likeness (QED) is 0.643. The lowest BCUT2D eigenvalue weighted by molar-refractivity contribution is -0.129. The molecular weight excluding hydrogens is 382 g/mol. The van der Waals surface area contributed by atoms with Crippen molar-refractivity contribution in [3.63, 3.8) is 0 Å². The van der Waals surface area contributed by atoms with E-state index in [4.69, 9.17) is 14.0 Å². The molecule has 3 aromatic rings. The molecule has 5 rings (SSSR count). The van der Waals surface area contributed by atoms with Crippen LogP contribution in [-0.4, -0.2) is 41.7 Å². The number of methoxy groups -OCH3 is 2. The number of aryl methyl sites for hydroxylation is 1. The molecule has 0 spiro atoms. The Hall–Kier alpha value is -3.35. The lowest BCUT2D eigenvalue weighted by Crippen LogP contribution is -2.28. The first-order chi connectivity index (χ1) is 14.7. The molecule has 7 nitrogen and oxygen atoms in total. The van der Waals surface area contributed by atoms with Gasteiger partial charge in [-0.25, -0.2) is 0 Å². The highest BCUT2D eigenvalue weighted by Crippen LogP contribution is 2.41. The van der Waals surface area contributed by atoms with Crippen LogP contribution in [0.5, 0.6) is 11.5 Å². The molecule has 0 radical (unpaired) electrons. The second-order valence-corrected chi connectivity index (χ2v) is 7.73. The van der Waals surface area contributed by atoms with E-state index in [1.807, 2.05) is 17.0 Å². The molecule has 1 aliphatic carbocycles. The average Bonchev–Trinajstić information content (AvgIpc) is 3.51. The first-order valence-electron chi connectivity index (χ1n) is 10.1. The Kier molecular flexibility index (Phi) is 4.65. The summed E-state index contributed by atoms with van der Waals surface area (Å²) in [6.07, 6.45) is 2.39. The molecule has 2 aromatic carbocycles. The monoisotopic (exact) mass is 405 g/mol. The molecule has 2 atom stereocenters. The third kappa shape index (κ3) is 3.10. The third-order valence-electron chi connectivity index (χ3n) is 6.07. The minimum Gasteiger partial charge on any atom is -0.493 e. The number of fused-ring (bicyclic) bond motifs is 1. The van der Waals surface area contributed by atoms with E-state index in [0.29, 0.717) is 36.2 Å². The number of carbonyl (C=O) groups excluding carboxylic acids is 1. The number of ether oxygens (including phenoxy) is 2. The van der Waals surface area contributed by atoms with E-state index in [-0.39, 0.29) is 17.9 Å². The van der Waals surface area contributed by atoms with E-state index in [1.165, 1.54) is 11.1 Å². The predicted molar refractivity (Wildman–Crippen MR) is 109 cm³/mol. The van der Waals surface area contributed by atoms with Gasteiger partial charge >= 0.3 is 0 Å². The summed E-state index contributed by atoms with van der Waals surface area (Å²) < 4.78 is 16.1. The van der Waals surface area contributed by atoms with Gasteiger partial charge in [-0.15, -0.1) is 0 Å². The van der Waals surface area contributed by atoms with Crippen molar-refractivity contribution in [2.45, 2.75) is 31.2 Å². The van der Waals surface area contributed by atoms with E-state index >= 15 is 0 Å². The van der Waals surface area contributed by atoms with Crippen LogP contribution in [0.25, 0.3) is 11.5 Å². The summed E-state index contributed by atoms with van der Waals surface area (Å²) in [4.78, 5) is 19.4. The van der Waals surface area contributed by atoms with Gasteiger partial charge in [0.05, 0.1) is 20.3 Å². The fraction of sp³-hybridized carbons (Fsp3) is 0.348. The molecule has 7 heteroatoms. The van der Waals surface area contributed by atoms with E-state index in [9.17, 15) is 4.79 Å². The predicted octanol–water partition coefficient (Wildman–Crippen LogP) is 3.76. The Balaban J connectivity index is 1.36. The van der Waals surface area contributed by atoms with Crippen LogP contribution in [0.15, 0.2) is 47.0 Å². The molecule has 1 saturated heterocycles. The van der Waals surface area contributed by atoms with Crippen molar-refractivity contribution in [1.82, 2.24) is 15.0 Å². The van der Waals surface area contributed by atoms with Gasteiger partial charge < -0.3 is 18.9 Å². The fourth-order valence-corrected chi connectivity index (χ4v) is 4.55. The molecule has 1 amide bonds. The smallest absolute Gasteiger partial charge is 0.258 e. The number of benzene rings is 2. The maximum Gasteiger partial charge on any atom is 0.258 e. The van der Waals surface area contributed by atoms with Crippen LogP contribution in [0.2, 0.25) is 0 Å². The molecule has 2 heterocycles. The van der Waals surface area contributed by atoms with Gasteiger partial charge in [-0.1, -0.05) is 29.4 Å². The molecule has 1 aliphatic heterocycles. The summed E-state index contributed by atoms with van der Waals surface area (Å²) in [5, 5.41) is 4.18.